The van der Waals surface area contributed by atoms with Gasteiger partial charge in [0.1, 0.15) is 0 Å². The maximum Gasteiger partial charge on any atom is 0.319 e. The van der Waals surface area contributed by atoms with Crippen LogP contribution in [0.2, 0.25) is 0 Å². The van der Waals surface area contributed by atoms with E-state index < -0.39 is 0 Å². The van der Waals surface area contributed by atoms with Gasteiger partial charge >= 0.3 is 6.03 Å². The number of hydrogen-bond donors (Lipinski definition) is 0. The number of amides is 3. The smallest absolute Gasteiger partial charge is 0.319 e. The third-order valence-electron chi connectivity index (χ3n) is 5.26. The first-order valence-electron chi connectivity index (χ1n) is 8.78. The average molecular weight is 357 g/mol. The Labute approximate surface area is 151 Å². The van der Waals surface area contributed by atoms with Crippen molar-refractivity contribution in [3.05, 3.63) is 35.2 Å². The first-order chi connectivity index (χ1) is 12.0. The molecule has 3 saturated heterocycles. The lowest BCUT2D eigenvalue weighted by atomic mass is 9.95. The Balaban J connectivity index is 1.58. The standard InChI is InChI=1S/C19H23N3O2S/c1-20(2)19(24)21-10-13-7-8-15(12-21)22(11-13)18(23)17-9-14-5-3-4-6-16(14)25-17/h3-6,9,13,15H,7-8,10-12H2,1-2H3/t13-,15+/m1/s1. The molecular weight excluding hydrogens is 334 g/mol. The van der Waals surface area contributed by atoms with E-state index in [0.29, 0.717) is 12.5 Å². The van der Waals surface area contributed by atoms with Gasteiger partial charge in [-0.2, -0.15) is 0 Å². The molecule has 2 bridgehead atoms. The molecule has 6 heteroatoms. The molecule has 5 rings (SSSR count). The number of fused-ring (bicyclic) bond motifs is 5. The highest BCUT2D eigenvalue weighted by molar-refractivity contribution is 7.20. The van der Waals surface area contributed by atoms with Gasteiger partial charge in [-0.25, -0.2) is 4.79 Å². The Kier molecular flexibility index (Phi) is 4.15. The van der Waals surface area contributed by atoms with Crippen LogP contribution in [0.25, 0.3) is 10.1 Å². The van der Waals surface area contributed by atoms with E-state index in [-0.39, 0.29) is 18.0 Å². The van der Waals surface area contributed by atoms with E-state index in [4.69, 9.17) is 0 Å². The molecular formula is C19H23N3O2S. The maximum atomic E-state index is 13.1. The number of piperidine rings is 1. The summed E-state index contributed by atoms with van der Waals surface area (Å²) in [5.74, 6) is 0.496. The summed E-state index contributed by atoms with van der Waals surface area (Å²) in [6, 6.07) is 10.3. The van der Waals surface area contributed by atoms with Crippen LogP contribution in [0.5, 0.6) is 0 Å². The fraction of sp³-hybridized carbons (Fsp3) is 0.474. The molecule has 0 radical (unpaired) electrons. The molecule has 3 aliphatic rings. The molecule has 3 aliphatic heterocycles. The highest BCUT2D eigenvalue weighted by atomic mass is 32.1. The Hall–Kier alpha value is -2.08. The van der Waals surface area contributed by atoms with Gasteiger partial charge in [0.05, 0.1) is 4.88 Å². The van der Waals surface area contributed by atoms with E-state index in [1.165, 1.54) is 0 Å². The fourth-order valence-electron chi connectivity index (χ4n) is 4.00. The summed E-state index contributed by atoms with van der Waals surface area (Å²) in [6.07, 6.45) is 2.08. The average Bonchev–Trinajstić information content (AvgIpc) is 2.83. The molecule has 3 amide bonds. The zero-order valence-electron chi connectivity index (χ0n) is 14.6. The number of carbonyl (C=O) groups excluding carboxylic acids is 2. The van der Waals surface area contributed by atoms with Gasteiger partial charge in [0.15, 0.2) is 0 Å². The van der Waals surface area contributed by atoms with Crippen molar-refractivity contribution in [2.24, 2.45) is 5.92 Å². The molecule has 0 N–H and O–H groups in total. The van der Waals surface area contributed by atoms with Crippen LogP contribution >= 0.6 is 11.3 Å². The van der Waals surface area contributed by atoms with Crippen LogP contribution in [0.1, 0.15) is 22.5 Å². The molecule has 132 valence electrons. The van der Waals surface area contributed by atoms with Crippen molar-refractivity contribution in [1.82, 2.24) is 14.7 Å². The van der Waals surface area contributed by atoms with E-state index in [2.05, 4.69) is 12.1 Å². The van der Waals surface area contributed by atoms with Crippen LogP contribution in [0.3, 0.4) is 0 Å². The van der Waals surface area contributed by atoms with Gasteiger partial charge in [0.2, 0.25) is 0 Å². The molecule has 2 atom stereocenters. The van der Waals surface area contributed by atoms with Crippen LogP contribution in [-0.2, 0) is 0 Å². The van der Waals surface area contributed by atoms with Gasteiger partial charge in [0, 0.05) is 44.5 Å². The minimum atomic E-state index is 0.0491. The summed E-state index contributed by atoms with van der Waals surface area (Å²) in [5.41, 5.74) is 0. The van der Waals surface area contributed by atoms with Crippen LogP contribution in [0.4, 0.5) is 4.79 Å². The summed E-state index contributed by atoms with van der Waals surface area (Å²) in [4.78, 5) is 31.9. The topological polar surface area (TPSA) is 43.9 Å². The van der Waals surface area contributed by atoms with Gasteiger partial charge in [-0.3, -0.25) is 4.79 Å². The monoisotopic (exact) mass is 357 g/mol. The van der Waals surface area contributed by atoms with E-state index in [9.17, 15) is 9.59 Å². The van der Waals surface area contributed by atoms with E-state index >= 15 is 0 Å². The molecule has 0 spiro atoms. The minimum Gasteiger partial charge on any atom is -0.333 e. The second-order valence-corrected chi connectivity index (χ2v) is 8.37. The summed E-state index contributed by atoms with van der Waals surface area (Å²) in [5, 5.41) is 1.13. The predicted octanol–water partition coefficient (Wildman–Crippen LogP) is 3.12. The van der Waals surface area contributed by atoms with Crippen molar-refractivity contribution >= 4 is 33.4 Å². The maximum absolute atomic E-state index is 13.1. The first-order valence-corrected chi connectivity index (χ1v) is 9.60. The second kappa shape index (κ2) is 6.33. The molecule has 3 fully saturated rings. The highest BCUT2D eigenvalue weighted by Crippen LogP contribution is 2.32. The molecule has 4 heterocycles. The number of thiophene rings is 1. The first kappa shape index (κ1) is 16.4. The fourth-order valence-corrected chi connectivity index (χ4v) is 5.02. The van der Waals surface area contributed by atoms with Crippen LogP contribution in [0, 0.1) is 5.92 Å². The van der Waals surface area contributed by atoms with E-state index in [1.807, 2.05) is 28.0 Å². The Morgan fingerprint density at radius 3 is 2.68 bits per heavy atom. The molecule has 2 aromatic rings. The van der Waals surface area contributed by atoms with Gasteiger partial charge in [0.25, 0.3) is 5.91 Å². The zero-order chi connectivity index (χ0) is 17.6. The number of benzene rings is 1. The summed E-state index contributed by atoms with van der Waals surface area (Å²) in [7, 11) is 3.57. The second-order valence-electron chi connectivity index (χ2n) is 7.29. The molecule has 1 aromatic heterocycles. The molecule has 5 nitrogen and oxygen atoms in total. The number of carbonyl (C=O) groups is 2. The third-order valence-corrected chi connectivity index (χ3v) is 6.37. The van der Waals surface area contributed by atoms with Crippen LogP contribution in [-0.4, -0.2) is 66.4 Å². The van der Waals surface area contributed by atoms with Gasteiger partial charge in [-0.05, 0) is 36.3 Å². The summed E-state index contributed by atoms with van der Waals surface area (Å²) in [6.45, 7) is 2.16. The van der Waals surface area contributed by atoms with Crippen molar-refractivity contribution < 1.29 is 9.59 Å². The van der Waals surface area contributed by atoms with Crippen LogP contribution < -0.4 is 0 Å². The number of rotatable bonds is 1. The molecule has 1 aromatic carbocycles. The van der Waals surface area contributed by atoms with Crippen molar-refractivity contribution in [2.75, 3.05) is 33.7 Å². The molecule has 0 saturated carbocycles. The van der Waals surface area contributed by atoms with Gasteiger partial charge < -0.3 is 14.7 Å². The van der Waals surface area contributed by atoms with E-state index in [0.717, 1.165) is 40.9 Å². The van der Waals surface area contributed by atoms with Gasteiger partial charge in [-0.15, -0.1) is 11.3 Å². The third kappa shape index (κ3) is 2.99. The van der Waals surface area contributed by atoms with Gasteiger partial charge in [-0.1, -0.05) is 18.2 Å². The zero-order valence-corrected chi connectivity index (χ0v) is 15.5. The summed E-state index contributed by atoms with van der Waals surface area (Å²) >= 11 is 1.57. The van der Waals surface area contributed by atoms with Crippen LogP contribution in [0.15, 0.2) is 30.3 Å². The number of nitrogens with zero attached hydrogens (tertiary/aromatic N) is 3. The Morgan fingerprint density at radius 2 is 1.92 bits per heavy atom. The van der Waals surface area contributed by atoms with Crippen molar-refractivity contribution in [2.45, 2.75) is 18.9 Å². The van der Waals surface area contributed by atoms with Crippen molar-refractivity contribution in [3.63, 3.8) is 0 Å². The lowest BCUT2D eigenvalue weighted by molar-refractivity contribution is 0.0591. The number of hydrogen-bond acceptors (Lipinski definition) is 3. The normalized spacial score (nSPS) is 23.0. The molecule has 0 aliphatic carbocycles. The highest BCUT2D eigenvalue weighted by Gasteiger charge is 2.39. The number of urea groups is 1. The largest absolute Gasteiger partial charge is 0.333 e. The minimum absolute atomic E-state index is 0.0491. The SMILES string of the molecule is CN(C)C(=O)N1C[C@H]2CC[C@@H](C1)N(C(=O)c1cc3ccccc3s1)C2. The Bertz CT molecular complexity index is 783. The van der Waals surface area contributed by atoms with Crippen molar-refractivity contribution in [3.8, 4) is 0 Å². The lowest BCUT2D eigenvalue weighted by Crippen LogP contribution is -2.48. The quantitative estimate of drug-likeness (QED) is 0.787. The Morgan fingerprint density at radius 1 is 1.12 bits per heavy atom. The predicted molar refractivity (Wildman–Crippen MR) is 100 cm³/mol. The molecule has 0 unspecified atom stereocenters. The van der Waals surface area contributed by atoms with E-state index in [1.54, 1.807) is 30.3 Å². The summed E-state index contributed by atoms with van der Waals surface area (Å²) < 4.78 is 1.15. The molecule has 25 heavy (non-hydrogen) atoms. The lowest BCUT2D eigenvalue weighted by Gasteiger charge is -2.35. The van der Waals surface area contributed by atoms with Crippen molar-refractivity contribution in [1.29, 1.82) is 0 Å².